The third-order valence-corrected chi connectivity index (χ3v) is 5.74. The number of aromatic nitrogens is 1. The molecule has 0 spiro atoms. The number of nitro benzene ring substituents is 1. The first-order valence-electron chi connectivity index (χ1n) is 9.83. The first-order chi connectivity index (χ1) is 14.6. The molecule has 1 aliphatic rings. The second-order valence-electron chi connectivity index (χ2n) is 7.43. The molecule has 2 heterocycles. The lowest BCUT2D eigenvalue weighted by Crippen LogP contribution is -2.40. The molecular formula is C24H19N3O3. The molecule has 0 saturated heterocycles. The highest BCUT2D eigenvalue weighted by Crippen LogP contribution is 2.39. The average molecular weight is 397 g/mol. The molecule has 148 valence electrons. The molecule has 1 atom stereocenters. The van der Waals surface area contributed by atoms with Crippen molar-refractivity contribution in [1.29, 1.82) is 0 Å². The zero-order valence-electron chi connectivity index (χ0n) is 16.1. The van der Waals surface area contributed by atoms with Crippen LogP contribution >= 0.6 is 0 Å². The number of benzene rings is 3. The molecule has 0 aliphatic carbocycles. The van der Waals surface area contributed by atoms with Gasteiger partial charge in [-0.2, -0.15) is 0 Å². The Morgan fingerprint density at radius 3 is 2.40 bits per heavy atom. The van der Waals surface area contributed by atoms with Gasteiger partial charge in [-0.25, -0.2) is 0 Å². The number of amides is 1. The van der Waals surface area contributed by atoms with Gasteiger partial charge in [-0.05, 0) is 35.7 Å². The fraction of sp³-hybridized carbons (Fsp3) is 0.125. The number of hydrogen-bond acceptors (Lipinski definition) is 3. The van der Waals surface area contributed by atoms with Crippen molar-refractivity contribution in [3.05, 3.63) is 111 Å². The highest BCUT2D eigenvalue weighted by atomic mass is 16.6. The molecule has 1 aliphatic heterocycles. The van der Waals surface area contributed by atoms with Crippen molar-refractivity contribution >= 4 is 22.5 Å². The van der Waals surface area contributed by atoms with Gasteiger partial charge in [-0.15, -0.1) is 0 Å². The number of fused-ring (bicyclic) bond motifs is 3. The Morgan fingerprint density at radius 1 is 0.967 bits per heavy atom. The maximum absolute atomic E-state index is 13.4. The van der Waals surface area contributed by atoms with E-state index in [1.165, 1.54) is 35.2 Å². The third-order valence-electron chi connectivity index (χ3n) is 5.74. The number of para-hydroxylation sites is 1. The maximum Gasteiger partial charge on any atom is 0.269 e. The maximum atomic E-state index is 13.4. The Kier molecular flexibility index (Phi) is 4.32. The van der Waals surface area contributed by atoms with Gasteiger partial charge in [0.15, 0.2) is 0 Å². The lowest BCUT2D eigenvalue weighted by Gasteiger charge is -2.36. The number of rotatable bonds is 3. The summed E-state index contributed by atoms with van der Waals surface area (Å²) in [5, 5.41) is 12.1. The quantitative estimate of drug-likeness (QED) is 0.396. The van der Waals surface area contributed by atoms with Crippen molar-refractivity contribution in [2.24, 2.45) is 0 Å². The molecule has 0 fully saturated rings. The number of H-pyrrole nitrogens is 1. The van der Waals surface area contributed by atoms with Crippen molar-refractivity contribution in [2.75, 3.05) is 6.54 Å². The summed E-state index contributed by atoms with van der Waals surface area (Å²) >= 11 is 0. The Hall–Kier alpha value is -3.93. The van der Waals surface area contributed by atoms with Gasteiger partial charge in [-0.1, -0.05) is 48.5 Å². The van der Waals surface area contributed by atoms with Crippen LogP contribution in [-0.2, 0) is 6.42 Å². The monoisotopic (exact) mass is 397 g/mol. The number of carbonyl (C=O) groups excluding carboxylic acids is 1. The van der Waals surface area contributed by atoms with Gasteiger partial charge in [0.05, 0.1) is 11.0 Å². The van der Waals surface area contributed by atoms with E-state index in [1.807, 2.05) is 47.4 Å². The minimum Gasteiger partial charge on any atom is -0.356 e. The normalized spacial score (nSPS) is 15.7. The van der Waals surface area contributed by atoms with Crippen LogP contribution in [0.25, 0.3) is 10.9 Å². The Labute approximate surface area is 172 Å². The van der Waals surface area contributed by atoms with Crippen molar-refractivity contribution in [2.45, 2.75) is 12.5 Å². The summed E-state index contributed by atoms with van der Waals surface area (Å²) in [4.78, 5) is 29.3. The van der Waals surface area contributed by atoms with Crippen LogP contribution in [0, 0.1) is 10.1 Å². The van der Waals surface area contributed by atoms with Crippen LogP contribution in [0.4, 0.5) is 5.69 Å². The topological polar surface area (TPSA) is 79.2 Å². The fourth-order valence-corrected chi connectivity index (χ4v) is 4.33. The van der Waals surface area contributed by atoms with Crippen LogP contribution < -0.4 is 0 Å². The van der Waals surface area contributed by atoms with E-state index in [1.54, 1.807) is 0 Å². The summed E-state index contributed by atoms with van der Waals surface area (Å²) in [6.45, 7) is 0.574. The van der Waals surface area contributed by atoms with Gasteiger partial charge in [0, 0.05) is 40.8 Å². The SMILES string of the molecule is O=C(c1ccc([N+](=O)[O-])cc1)N1CCc2c([nH]c3ccccc23)[C@@H]1c1ccccc1. The zero-order valence-corrected chi connectivity index (χ0v) is 16.1. The number of nitrogens with zero attached hydrogens (tertiary/aromatic N) is 2. The predicted octanol–water partition coefficient (Wildman–Crippen LogP) is 4.86. The lowest BCUT2D eigenvalue weighted by molar-refractivity contribution is -0.384. The average Bonchev–Trinajstić information content (AvgIpc) is 3.17. The summed E-state index contributed by atoms with van der Waals surface area (Å²) in [7, 11) is 0. The number of aromatic amines is 1. The van der Waals surface area contributed by atoms with Gasteiger partial charge in [0.2, 0.25) is 0 Å². The van der Waals surface area contributed by atoms with Crippen molar-refractivity contribution in [3.8, 4) is 0 Å². The molecule has 1 amide bonds. The predicted molar refractivity (Wildman–Crippen MR) is 114 cm³/mol. The van der Waals surface area contributed by atoms with Crippen LogP contribution in [0.1, 0.15) is 33.2 Å². The summed E-state index contributed by atoms with van der Waals surface area (Å²) in [6.07, 6.45) is 0.751. The van der Waals surface area contributed by atoms with E-state index in [9.17, 15) is 14.9 Å². The van der Waals surface area contributed by atoms with Crippen LogP contribution in [0.2, 0.25) is 0 Å². The Bertz CT molecular complexity index is 1250. The Balaban J connectivity index is 1.60. The van der Waals surface area contributed by atoms with Crippen molar-refractivity contribution in [1.82, 2.24) is 9.88 Å². The summed E-state index contributed by atoms with van der Waals surface area (Å²) in [6, 6.07) is 23.7. The first-order valence-corrected chi connectivity index (χ1v) is 9.83. The molecule has 3 aromatic carbocycles. The highest BCUT2D eigenvalue weighted by Gasteiger charge is 2.34. The zero-order chi connectivity index (χ0) is 20.7. The molecule has 6 nitrogen and oxygen atoms in total. The summed E-state index contributed by atoms with van der Waals surface area (Å²) < 4.78 is 0. The smallest absolute Gasteiger partial charge is 0.269 e. The number of carbonyl (C=O) groups is 1. The molecule has 1 aromatic heterocycles. The second kappa shape index (κ2) is 7.15. The molecule has 0 unspecified atom stereocenters. The van der Waals surface area contributed by atoms with Crippen LogP contribution in [0.15, 0.2) is 78.9 Å². The number of nitro groups is 1. The van der Waals surface area contributed by atoms with Gasteiger partial charge < -0.3 is 9.88 Å². The number of nitrogens with one attached hydrogen (secondary N) is 1. The highest BCUT2D eigenvalue weighted by molar-refractivity contribution is 5.96. The van der Waals surface area contributed by atoms with E-state index in [0.717, 1.165) is 23.2 Å². The van der Waals surface area contributed by atoms with Crippen molar-refractivity contribution in [3.63, 3.8) is 0 Å². The minimum atomic E-state index is -0.460. The van der Waals surface area contributed by atoms with E-state index < -0.39 is 4.92 Å². The minimum absolute atomic E-state index is 0.0253. The lowest BCUT2D eigenvalue weighted by atomic mass is 9.91. The Morgan fingerprint density at radius 2 is 1.67 bits per heavy atom. The molecule has 6 heteroatoms. The van der Waals surface area contributed by atoms with E-state index in [-0.39, 0.29) is 17.6 Å². The van der Waals surface area contributed by atoms with Gasteiger partial charge in [0.25, 0.3) is 11.6 Å². The first kappa shape index (κ1) is 18.1. The fourth-order valence-electron chi connectivity index (χ4n) is 4.33. The standard InChI is InChI=1S/C24H19N3O3/c28-24(17-10-12-18(13-11-17)27(29)30)26-15-14-20-19-8-4-5-9-21(19)25-22(20)23(26)16-6-2-1-3-7-16/h1-13,23,25H,14-15H2/t23-/m0/s1. The van der Waals surface area contributed by atoms with E-state index in [2.05, 4.69) is 17.1 Å². The molecule has 1 N–H and O–H groups in total. The molecule has 0 bridgehead atoms. The number of non-ortho nitro benzene ring substituents is 1. The summed E-state index contributed by atoms with van der Waals surface area (Å²) in [5.41, 5.74) is 4.79. The van der Waals surface area contributed by atoms with Crippen LogP contribution in [-0.4, -0.2) is 27.3 Å². The molecule has 30 heavy (non-hydrogen) atoms. The number of hydrogen-bond donors (Lipinski definition) is 1. The second-order valence-corrected chi connectivity index (χ2v) is 7.43. The summed E-state index contributed by atoms with van der Waals surface area (Å²) in [5.74, 6) is -0.136. The van der Waals surface area contributed by atoms with Crippen LogP contribution in [0.5, 0.6) is 0 Å². The third kappa shape index (κ3) is 2.93. The molecule has 4 aromatic rings. The van der Waals surface area contributed by atoms with E-state index >= 15 is 0 Å². The van der Waals surface area contributed by atoms with Gasteiger partial charge in [-0.3, -0.25) is 14.9 Å². The molecular weight excluding hydrogens is 378 g/mol. The van der Waals surface area contributed by atoms with Gasteiger partial charge in [0.1, 0.15) is 0 Å². The van der Waals surface area contributed by atoms with Crippen LogP contribution in [0.3, 0.4) is 0 Å². The molecule has 5 rings (SSSR count). The van der Waals surface area contributed by atoms with E-state index in [0.29, 0.717) is 12.1 Å². The van der Waals surface area contributed by atoms with E-state index in [4.69, 9.17) is 0 Å². The van der Waals surface area contributed by atoms with Crippen molar-refractivity contribution < 1.29 is 9.72 Å². The molecule has 0 saturated carbocycles. The van der Waals surface area contributed by atoms with Gasteiger partial charge >= 0.3 is 0 Å². The molecule has 0 radical (unpaired) electrons. The largest absolute Gasteiger partial charge is 0.356 e.